The third kappa shape index (κ3) is 2.80. The van der Waals surface area contributed by atoms with Gasteiger partial charge in [-0.2, -0.15) is 0 Å². The fourth-order valence-electron chi connectivity index (χ4n) is 2.48. The van der Waals surface area contributed by atoms with Crippen molar-refractivity contribution in [3.8, 4) is 0 Å². The molecule has 1 N–H and O–H groups in total. The minimum atomic E-state index is -0.382. The average molecular weight is 264 g/mol. The fraction of sp³-hybridized carbons (Fsp3) is 0.571. The van der Waals surface area contributed by atoms with Crippen molar-refractivity contribution in [3.05, 3.63) is 24.2 Å². The summed E-state index contributed by atoms with van der Waals surface area (Å²) in [4.78, 5) is 26.2. The lowest BCUT2D eigenvalue weighted by molar-refractivity contribution is -0.150. The van der Waals surface area contributed by atoms with Gasteiger partial charge < -0.3 is 14.6 Å². The molecule has 1 fully saturated rings. The van der Waals surface area contributed by atoms with Crippen LogP contribution in [0.3, 0.4) is 0 Å². The Kier molecular flexibility index (Phi) is 4.24. The third-order valence-corrected chi connectivity index (χ3v) is 3.47. The Labute approximate surface area is 113 Å². The van der Waals surface area contributed by atoms with Crippen LogP contribution in [0, 0.1) is 0 Å². The van der Waals surface area contributed by atoms with Crippen LogP contribution in [0.1, 0.15) is 38.7 Å². The summed E-state index contributed by atoms with van der Waals surface area (Å²) in [5, 5.41) is 2.82. The normalized spacial score (nSPS) is 23.6. The first-order chi connectivity index (χ1) is 9.17. The molecular weight excluding hydrogens is 244 g/mol. The Bertz CT molecular complexity index is 442. The molecule has 0 bridgehead atoms. The maximum Gasteiger partial charge on any atom is 0.246 e. The van der Waals surface area contributed by atoms with Crippen molar-refractivity contribution in [2.45, 2.75) is 51.7 Å². The van der Waals surface area contributed by atoms with Crippen molar-refractivity contribution in [3.63, 3.8) is 0 Å². The Morgan fingerprint density at radius 1 is 1.37 bits per heavy atom. The molecule has 2 unspecified atom stereocenters. The second-order valence-electron chi connectivity index (χ2n) is 4.87. The van der Waals surface area contributed by atoms with E-state index in [1.807, 2.05) is 19.9 Å². The van der Waals surface area contributed by atoms with Gasteiger partial charge in [0, 0.05) is 12.1 Å². The molecule has 5 nitrogen and oxygen atoms in total. The van der Waals surface area contributed by atoms with E-state index in [-0.39, 0.29) is 23.9 Å². The van der Waals surface area contributed by atoms with Crippen molar-refractivity contribution in [2.24, 2.45) is 0 Å². The molecule has 1 aromatic rings. The van der Waals surface area contributed by atoms with Crippen molar-refractivity contribution >= 4 is 11.8 Å². The molecule has 1 aliphatic rings. The zero-order chi connectivity index (χ0) is 13.8. The first kappa shape index (κ1) is 13.6. The second kappa shape index (κ2) is 5.91. The van der Waals surface area contributed by atoms with E-state index in [2.05, 4.69) is 5.32 Å². The van der Waals surface area contributed by atoms with Crippen molar-refractivity contribution < 1.29 is 14.0 Å². The number of rotatable bonds is 5. The Hall–Kier alpha value is -1.78. The van der Waals surface area contributed by atoms with Crippen molar-refractivity contribution in [1.29, 1.82) is 0 Å². The van der Waals surface area contributed by atoms with Gasteiger partial charge in [-0.05, 0) is 18.9 Å². The summed E-state index contributed by atoms with van der Waals surface area (Å²) in [5.41, 5.74) is 0.914. The first-order valence-corrected chi connectivity index (χ1v) is 6.79. The largest absolute Gasteiger partial charge is 0.472 e. The Morgan fingerprint density at radius 3 is 2.74 bits per heavy atom. The molecule has 0 saturated carbocycles. The summed E-state index contributed by atoms with van der Waals surface area (Å²) in [7, 11) is 0. The highest BCUT2D eigenvalue weighted by atomic mass is 16.3. The predicted octanol–water partition coefficient (Wildman–Crippen LogP) is 1.69. The molecule has 2 heterocycles. The lowest BCUT2D eigenvalue weighted by atomic mass is 10.0. The molecular formula is C14H20N2O3. The van der Waals surface area contributed by atoms with Gasteiger partial charge in [-0.25, -0.2) is 0 Å². The number of furan rings is 1. The summed E-state index contributed by atoms with van der Waals surface area (Å²) in [5.74, 6) is -0.0430. The van der Waals surface area contributed by atoms with E-state index >= 15 is 0 Å². The molecule has 0 aliphatic carbocycles. The minimum Gasteiger partial charge on any atom is -0.472 e. The topological polar surface area (TPSA) is 62.6 Å². The number of amides is 2. The Balaban J connectivity index is 2.18. The highest BCUT2D eigenvalue weighted by molar-refractivity contribution is 5.96. The van der Waals surface area contributed by atoms with Crippen LogP contribution in [0.4, 0.5) is 0 Å². The number of carbonyl (C=O) groups is 2. The van der Waals surface area contributed by atoms with Gasteiger partial charge in [-0.15, -0.1) is 0 Å². The number of piperazine rings is 1. The van der Waals surface area contributed by atoms with Crippen LogP contribution in [0.2, 0.25) is 0 Å². The van der Waals surface area contributed by atoms with Crippen LogP contribution in [-0.2, 0) is 16.1 Å². The van der Waals surface area contributed by atoms with Crippen LogP contribution in [-0.4, -0.2) is 28.8 Å². The summed E-state index contributed by atoms with van der Waals surface area (Å²) in [6.07, 6.45) is 5.36. The molecule has 0 spiro atoms. The average Bonchev–Trinajstić information content (AvgIpc) is 2.89. The number of hydrogen-bond donors (Lipinski definition) is 1. The van der Waals surface area contributed by atoms with Crippen LogP contribution in [0.15, 0.2) is 23.0 Å². The maximum atomic E-state index is 12.4. The van der Waals surface area contributed by atoms with Crippen LogP contribution in [0.5, 0.6) is 0 Å². The first-order valence-electron chi connectivity index (χ1n) is 6.79. The quantitative estimate of drug-likeness (QED) is 0.880. The molecule has 104 valence electrons. The molecule has 5 heteroatoms. The van der Waals surface area contributed by atoms with Crippen LogP contribution in [0.25, 0.3) is 0 Å². The zero-order valence-corrected chi connectivity index (χ0v) is 11.4. The molecule has 0 aromatic carbocycles. The summed E-state index contributed by atoms with van der Waals surface area (Å²) >= 11 is 0. The fourth-order valence-corrected chi connectivity index (χ4v) is 2.48. The van der Waals surface area contributed by atoms with E-state index < -0.39 is 0 Å². The maximum absolute atomic E-state index is 12.4. The molecule has 19 heavy (non-hydrogen) atoms. The van der Waals surface area contributed by atoms with E-state index in [4.69, 9.17) is 4.42 Å². The van der Waals surface area contributed by atoms with Crippen LogP contribution >= 0.6 is 0 Å². The smallest absolute Gasteiger partial charge is 0.246 e. The molecule has 1 aromatic heterocycles. The van der Waals surface area contributed by atoms with Gasteiger partial charge in [-0.1, -0.05) is 20.3 Å². The molecule has 2 amide bonds. The van der Waals surface area contributed by atoms with E-state index in [0.29, 0.717) is 19.4 Å². The second-order valence-corrected chi connectivity index (χ2v) is 4.87. The van der Waals surface area contributed by atoms with Gasteiger partial charge in [0.25, 0.3) is 0 Å². The number of nitrogens with one attached hydrogen (secondary N) is 1. The van der Waals surface area contributed by atoms with Gasteiger partial charge in [0.05, 0.1) is 12.5 Å². The zero-order valence-electron chi connectivity index (χ0n) is 11.4. The number of carbonyl (C=O) groups excluding carboxylic acids is 2. The Morgan fingerprint density at radius 2 is 2.16 bits per heavy atom. The van der Waals surface area contributed by atoms with Crippen molar-refractivity contribution in [2.75, 3.05) is 0 Å². The number of nitrogens with zero attached hydrogens (tertiary/aromatic N) is 1. The van der Waals surface area contributed by atoms with Crippen LogP contribution < -0.4 is 5.32 Å². The van der Waals surface area contributed by atoms with Gasteiger partial charge in [0.1, 0.15) is 12.1 Å². The van der Waals surface area contributed by atoms with Gasteiger partial charge in [0.2, 0.25) is 11.8 Å². The summed E-state index contributed by atoms with van der Waals surface area (Å²) in [6.45, 7) is 4.35. The van der Waals surface area contributed by atoms with Crippen molar-refractivity contribution in [1.82, 2.24) is 10.2 Å². The van der Waals surface area contributed by atoms with E-state index in [1.165, 1.54) is 0 Å². The van der Waals surface area contributed by atoms with Gasteiger partial charge >= 0.3 is 0 Å². The molecule has 1 aliphatic heterocycles. The van der Waals surface area contributed by atoms with Gasteiger partial charge in [-0.3, -0.25) is 9.59 Å². The summed E-state index contributed by atoms with van der Waals surface area (Å²) < 4.78 is 5.02. The minimum absolute atomic E-state index is 0.00880. The lowest BCUT2D eigenvalue weighted by Crippen LogP contribution is -2.62. The lowest BCUT2D eigenvalue weighted by Gasteiger charge is -2.38. The SMILES string of the molecule is CCCC1NC(=O)C(CC)N(Cc2ccoc2)C1=O. The molecule has 2 atom stereocenters. The number of hydrogen-bond acceptors (Lipinski definition) is 3. The van der Waals surface area contributed by atoms with E-state index in [9.17, 15) is 9.59 Å². The third-order valence-electron chi connectivity index (χ3n) is 3.47. The summed E-state index contributed by atoms with van der Waals surface area (Å²) in [6, 6.07) is 1.06. The molecule has 2 rings (SSSR count). The van der Waals surface area contributed by atoms with E-state index in [0.717, 1.165) is 12.0 Å². The monoisotopic (exact) mass is 264 g/mol. The highest BCUT2D eigenvalue weighted by Gasteiger charge is 2.38. The highest BCUT2D eigenvalue weighted by Crippen LogP contribution is 2.19. The van der Waals surface area contributed by atoms with Gasteiger partial charge in [0.15, 0.2) is 0 Å². The molecule has 0 radical (unpaired) electrons. The molecule has 1 saturated heterocycles. The predicted molar refractivity (Wildman–Crippen MR) is 70.2 cm³/mol. The standard InChI is InChI=1S/C14H20N2O3/c1-3-5-11-14(18)16(8-10-6-7-19-9-10)12(4-2)13(17)15-11/h6-7,9,11-12H,3-5,8H2,1-2H3,(H,15,17). The van der Waals surface area contributed by atoms with E-state index in [1.54, 1.807) is 17.4 Å².